The van der Waals surface area contributed by atoms with Crippen molar-refractivity contribution < 1.29 is 58.7 Å². The van der Waals surface area contributed by atoms with Crippen LogP contribution in [0.4, 0.5) is 5.13 Å². The van der Waals surface area contributed by atoms with Crippen LogP contribution in [0, 0.1) is 0 Å². The van der Waals surface area contributed by atoms with E-state index in [1.165, 1.54) is 33.6 Å². The van der Waals surface area contributed by atoms with Gasteiger partial charge >= 0.3 is 29.6 Å². The molecule has 5 heterocycles. The average Bonchev–Trinajstić information content (AvgIpc) is 3.62. The summed E-state index contributed by atoms with van der Waals surface area (Å²) in [5.74, 6) is -2.75. The monoisotopic (exact) mass is 602 g/mol. The molecule has 16 nitrogen and oxygen atoms in total. The Hall–Kier alpha value is -2.71. The summed E-state index contributed by atoms with van der Waals surface area (Å²) in [5, 5.41) is 33.6. The summed E-state index contributed by atoms with van der Waals surface area (Å²) in [6.07, 6.45) is -0.495. The molecule has 20 heteroatoms. The van der Waals surface area contributed by atoms with Gasteiger partial charge in [0.2, 0.25) is 11.3 Å². The Kier molecular flexibility index (Phi) is 9.17. The minimum Gasteiger partial charge on any atom is -0.543 e. The van der Waals surface area contributed by atoms with Crippen LogP contribution in [0.1, 0.15) is 12.1 Å². The van der Waals surface area contributed by atoms with Crippen LogP contribution in [0.3, 0.4) is 0 Å². The minimum atomic E-state index is -1.50. The maximum atomic E-state index is 13.2. The molecule has 4 N–H and O–H groups in total. The average molecular weight is 603 g/mol. The van der Waals surface area contributed by atoms with Crippen molar-refractivity contribution in [3.05, 3.63) is 22.3 Å². The number of fused-ring (bicyclic) bond motifs is 1. The molecule has 2 aromatic rings. The van der Waals surface area contributed by atoms with Gasteiger partial charge in [0.15, 0.2) is 10.8 Å². The molecule has 39 heavy (non-hydrogen) atoms. The number of carbonyl (C=O) groups excluding carboxylic acids is 4. The third kappa shape index (κ3) is 5.92. The zero-order valence-electron chi connectivity index (χ0n) is 20.5. The van der Waals surface area contributed by atoms with Crippen LogP contribution in [0.2, 0.25) is 0 Å². The summed E-state index contributed by atoms with van der Waals surface area (Å²) in [4.78, 5) is 60.4. The topological polar surface area (TPSA) is 223 Å². The number of nitrogens with zero attached hydrogens (tertiary/aromatic N) is 7. The van der Waals surface area contributed by atoms with Crippen molar-refractivity contribution in [2.45, 2.75) is 29.1 Å². The van der Waals surface area contributed by atoms with Crippen molar-refractivity contribution in [2.75, 3.05) is 23.8 Å². The SMILES string of the molecule is Cn1nnnc1SCC1=C(C(=O)[O-])N2C(=O)[C@@H](NC(=O)/C(=N\OC3CCNC3=O)c3csc(N)n3)[C@@H]2SC1.[Na+]. The molecule has 0 bridgehead atoms. The number of carboxylic acid groups (broad SMARTS) is 1. The van der Waals surface area contributed by atoms with E-state index in [1.807, 2.05) is 0 Å². The third-order valence-electron chi connectivity index (χ3n) is 5.73. The predicted molar refractivity (Wildman–Crippen MR) is 132 cm³/mol. The zero-order chi connectivity index (χ0) is 27.0. The Morgan fingerprint density at radius 1 is 1.41 bits per heavy atom. The molecule has 3 amide bonds. The molecule has 0 radical (unpaired) electrons. The number of thiazole rings is 1. The number of β-lactam (4-membered cyclic amide) rings is 1. The van der Waals surface area contributed by atoms with Crippen molar-refractivity contribution in [2.24, 2.45) is 12.2 Å². The van der Waals surface area contributed by atoms with E-state index in [9.17, 15) is 24.3 Å². The number of nitrogen functional groups attached to an aromatic ring is 1. The molecular weight excluding hydrogens is 583 g/mol. The molecule has 5 rings (SSSR count). The van der Waals surface area contributed by atoms with Gasteiger partial charge < -0.3 is 31.1 Å². The number of nitrogens with one attached hydrogen (secondary N) is 2. The fourth-order valence-electron chi connectivity index (χ4n) is 3.88. The Labute approximate surface area is 254 Å². The normalized spacial score (nSPS) is 22.5. The first kappa shape index (κ1) is 29.3. The van der Waals surface area contributed by atoms with Crippen molar-refractivity contribution in [3.8, 4) is 0 Å². The number of rotatable bonds is 9. The summed E-state index contributed by atoms with van der Waals surface area (Å²) >= 11 is 3.59. The van der Waals surface area contributed by atoms with Crippen LogP contribution in [0.15, 0.2) is 27.0 Å². The van der Waals surface area contributed by atoms with Crippen molar-refractivity contribution in [1.29, 1.82) is 0 Å². The van der Waals surface area contributed by atoms with Gasteiger partial charge in [0.1, 0.15) is 17.1 Å². The van der Waals surface area contributed by atoms with Gasteiger partial charge in [-0.1, -0.05) is 16.9 Å². The van der Waals surface area contributed by atoms with E-state index in [4.69, 9.17) is 10.6 Å². The van der Waals surface area contributed by atoms with Crippen LogP contribution < -0.4 is 51.0 Å². The molecule has 3 atom stereocenters. The zero-order valence-corrected chi connectivity index (χ0v) is 25.0. The van der Waals surface area contributed by atoms with Crippen molar-refractivity contribution >= 4 is 69.4 Å². The number of aliphatic carboxylic acids is 1. The van der Waals surface area contributed by atoms with Gasteiger partial charge in [-0.05, 0) is 16.0 Å². The fraction of sp³-hybridized carbons (Fsp3) is 0.421. The number of oxime groups is 1. The fourth-order valence-corrected chi connectivity index (χ4v) is 6.76. The van der Waals surface area contributed by atoms with E-state index < -0.39 is 35.3 Å². The molecule has 0 spiro atoms. The van der Waals surface area contributed by atoms with Crippen LogP contribution in [-0.2, 0) is 31.1 Å². The number of amides is 3. The number of carboxylic acids is 1. The Morgan fingerprint density at radius 3 is 2.82 bits per heavy atom. The van der Waals surface area contributed by atoms with E-state index in [2.05, 4.69) is 36.3 Å². The number of hydrogen-bond acceptors (Lipinski definition) is 15. The number of aryl methyl sites for hydroxylation is 1. The number of hydrogen-bond donors (Lipinski definition) is 3. The number of aromatic nitrogens is 5. The summed E-state index contributed by atoms with van der Waals surface area (Å²) < 4.78 is 1.45. The standard InChI is InChI=1S/C19H20N10O6S3.Na/c1-28-19(24-26-27-28)38-5-7-4-36-16-11(15(32)29(16)12(7)17(33)34)23-14(31)10(8-6-37-18(20)22-8)25-35-9-2-3-21-13(9)30;/h6,9,11,16H,2-5H2,1H3,(H2,20,22)(H,21,30)(H,23,31)(H,33,34);/q;+1/p-1/b25-10-;/t9?,11-,16+;/m1./s1. The van der Waals surface area contributed by atoms with E-state index in [-0.39, 0.29) is 69.2 Å². The van der Waals surface area contributed by atoms with Crippen LogP contribution in [0.25, 0.3) is 0 Å². The van der Waals surface area contributed by atoms with E-state index in [0.717, 1.165) is 16.2 Å². The maximum Gasteiger partial charge on any atom is 1.00 e. The van der Waals surface area contributed by atoms with Crippen LogP contribution in [0.5, 0.6) is 0 Å². The molecule has 3 aliphatic heterocycles. The second-order valence-electron chi connectivity index (χ2n) is 8.16. The van der Waals surface area contributed by atoms with Gasteiger partial charge in [-0.15, -0.1) is 28.2 Å². The quantitative estimate of drug-likeness (QED) is 0.0801. The van der Waals surface area contributed by atoms with Crippen LogP contribution >= 0.6 is 34.9 Å². The van der Waals surface area contributed by atoms with Gasteiger partial charge in [0.05, 0.1) is 11.7 Å². The first-order valence-corrected chi connectivity index (χ1v) is 13.9. The number of anilines is 1. The van der Waals surface area contributed by atoms with E-state index in [1.54, 1.807) is 7.05 Å². The minimum absolute atomic E-state index is 0. The maximum absolute atomic E-state index is 13.2. The molecule has 200 valence electrons. The van der Waals surface area contributed by atoms with E-state index in [0.29, 0.717) is 23.7 Å². The molecule has 1 unspecified atom stereocenters. The first-order chi connectivity index (χ1) is 18.2. The Morgan fingerprint density at radius 2 is 2.21 bits per heavy atom. The number of nitrogens with two attached hydrogens (primary N) is 1. The molecule has 0 saturated carbocycles. The van der Waals surface area contributed by atoms with Gasteiger partial charge in [-0.3, -0.25) is 19.3 Å². The van der Waals surface area contributed by atoms with E-state index >= 15 is 0 Å². The first-order valence-electron chi connectivity index (χ1n) is 11.0. The summed E-state index contributed by atoms with van der Waals surface area (Å²) in [7, 11) is 1.65. The molecule has 0 aliphatic carbocycles. The van der Waals surface area contributed by atoms with Crippen LogP contribution in [-0.4, -0.2) is 95.1 Å². The smallest absolute Gasteiger partial charge is 0.543 e. The second kappa shape index (κ2) is 12.2. The molecule has 2 aromatic heterocycles. The third-order valence-corrected chi connectivity index (χ3v) is 8.84. The summed E-state index contributed by atoms with van der Waals surface area (Å²) in [5.41, 5.74) is 5.78. The molecule has 2 saturated heterocycles. The van der Waals surface area contributed by atoms with Crippen molar-refractivity contribution in [1.82, 2.24) is 40.7 Å². The predicted octanol–water partition coefficient (Wildman–Crippen LogP) is -5.94. The second-order valence-corrected chi connectivity index (χ2v) is 11.1. The summed E-state index contributed by atoms with van der Waals surface area (Å²) in [6, 6.07) is -1.03. The molecular formula is C19H19N10NaO6S3. The molecule has 3 aliphatic rings. The Balaban J connectivity index is 0.00000353. The number of thioether (sulfide) groups is 2. The molecule has 0 aromatic carbocycles. The Bertz CT molecular complexity index is 1380. The van der Waals surface area contributed by atoms with Gasteiger partial charge in [0, 0.05) is 36.9 Å². The van der Waals surface area contributed by atoms with Crippen molar-refractivity contribution in [3.63, 3.8) is 0 Å². The van der Waals surface area contributed by atoms with Gasteiger partial charge in [-0.25, -0.2) is 9.67 Å². The van der Waals surface area contributed by atoms with Gasteiger partial charge in [-0.2, -0.15) is 0 Å². The van der Waals surface area contributed by atoms with Gasteiger partial charge in [0.25, 0.3) is 17.7 Å². The summed E-state index contributed by atoms with van der Waals surface area (Å²) in [6.45, 7) is 0.416. The molecule has 2 fully saturated rings. The number of tetrazole rings is 1. The largest absolute Gasteiger partial charge is 1.00 e. The number of carbonyl (C=O) groups is 4.